The van der Waals surface area contributed by atoms with Crippen molar-refractivity contribution in [2.24, 2.45) is 17.1 Å². The third-order valence-electron chi connectivity index (χ3n) is 6.35. The Morgan fingerprint density at radius 3 is 2.71 bits per heavy atom. The summed E-state index contributed by atoms with van der Waals surface area (Å²) in [6.07, 6.45) is 4.65. The monoisotopic (exact) mass is 295 g/mol. The lowest BCUT2D eigenvalue weighted by Crippen LogP contribution is -2.73. The molecule has 21 heavy (non-hydrogen) atoms. The maximum Gasteiger partial charge on any atom is 0.457 e. The van der Waals surface area contributed by atoms with Gasteiger partial charge in [0.05, 0.1) is 17.6 Å². The highest BCUT2D eigenvalue weighted by molar-refractivity contribution is 6.45. The smallest absolute Gasteiger partial charge is 0.457 e. The lowest BCUT2D eigenvalue weighted by molar-refractivity contribution is -0.257. The SMILES string of the molecule is CC1(C)C2CC[C@]3(C)OB(CCC(N)CC(=O)O)O[C@]13C2. The molecule has 0 amide bonds. The minimum Gasteiger partial charge on any atom is -0.481 e. The number of hydrogen-bond donors (Lipinski definition) is 2. The summed E-state index contributed by atoms with van der Waals surface area (Å²) in [4.78, 5) is 10.7. The molecule has 5 nitrogen and oxygen atoms in total. The Morgan fingerprint density at radius 2 is 2.14 bits per heavy atom. The molecule has 1 aliphatic heterocycles. The van der Waals surface area contributed by atoms with E-state index in [2.05, 4.69) is 20.8 Å². The van der Waals surface area contributed by atoms with E-state index in [0.717, 1.165) is 18.8 Å². The molecular weight excluding hydrogens is 269 g/mol. The third kappa shape index (κ3) is 2.06. The molecule has 2 bridgehead atoms. The predicted octanol–water partition coefficient (Wildman–Crippen LogP) is 2.05. The molecule has 0 aromatic rings. The summed E-state index contributed by atoms with van der Waals surface area (Å²) in [7, 11) is -0.242. The number of carboxylic acids is 1. The van der Waals surface area contributed by atoms with Crippen LogP contribution in [0.3, 0.4) is 0 Å². The lowest BCUT2D eigenvalue weighted by atomic mass is 9.41. The molecule has 4 aliphatic rings. The number of hydrogen-bond acceptors (Lipinski definition) is 4. The van der Waals surface area contributed by atoms with Crippen LogP contribution >= 0.6 is 0 Å². The van der Waals surface area contributed by atoms with E-state index >= 15 is 0 Å². The van der Waals surface area contributed by atoms with Gasteiger partial charge in [-0.3, -0.25) is 4.79 Å². The first-order valence-corrected chi connectivity index (χ1v) is 8.03. The average molecular weight is 295 g/mol. The van der Waals surface area contributed by atoms with Crippen LogP contribution in [0.25, 0.3) is 0 Å². The van der Waals surface area contributed by atoms with E-state index in [1.807, 2.05) is 0 Å². The van der Waals surface area contributed by atoms with Gasteiger partial charge in [0, 0.05) is 6.04 Å². The Hall–Kier alpha value is -0.585. The molecule has 1 spiro atoms. The fourth-order valence-electron chi connectivity index (χ4n) is 4.89. The van der Waals surface area contributed by atoms with Crippen molar-refractivity contribution in [3.05, 3.63) is 0 Å². The second kappa shape index (κ2) is 4.70. The van der Waals surface area contributed by atoms with Crippen LogP contribution in [-0.4, -0.2) is 35.4 Å². The summed E-state index contributed by atoms with van der Waals surface area (Å²) >= 11 is 0. The molecular formula is C15H26BNO4. The zero-order valence-electron chi connectivity index (χ0n) is 13.2. The summed E-state index contributed by atoms with van der Waals surface area (Å²) < 4.78 is 12.6. The number of rotatable bonds is 5. The predicted molar refractivity (Wildman–Crippen MR) is 79.8 cm³/mol. The Balaban J connectivity index is 1.63. The van der Waals surface area contributed by atoms with Gasteiger partial charge in [0.25, 0.3) is 0 Å². The number of fused-ring (bicyclic) bond motifs is 1. The van der Waals surface area contributed by atoms with Gasteiger partial charge in [0.1, 0.15) is 0 Å². The Kier molecular flexibility index (Phi) is 3.43. The van der Waals surface area contributed by atoms with Crippen LogP contribution in [0.2, 0.25) is 6.32 Å². The largest absolute Gasteiger partial charge is 0.481 e. The Bertz CT molecular complexity index is 457. The Labute approximate surface area is 126 Å². The minimum absolute atomic E-state index is 0.00268. The van der Waals surface area contributed by atoms with E-state index in [-0.39, 0.29) is 36.2 Å². The van der Waals surface area contributed by atoms with Gasteiger partial charge in [0.2, 0.25) is 0 Å². The van der Waals surface area contributed by atoms with Gasteiger partial charge in [-0.15, -0.1) is 0 Å². The van der Waals surface area contributed by atoms with Crippen LogP contribution in [0.1, 0.15) is 52.9 Å². The molecule has 0 radical (unpaired) electrons. The standard InChI is InChI=1S/C15H26BNO4/c1-13(2)10-4-6-14(3)15(13,9-10)21-16(20-14)7-5-11(17)8-12(18)19/h10-11H,4-9,17H2,1-3H3,(H,18,19)/t10?,11?,14-,15+/m0/s1. The van der Waals surface area contributed by atoms with E-state index < -0.39 is 5.97 Å². The van der Waals surface area contributed by atoms with Crippen LogP contribution in [0, 0.1) is 11.3 Å². The first kappa shape index (κ1) is 15.3. The van der Waals surface area contributed by atoms with E-state index in [4.69, 9.17) is 20.1 Å². The number of nitrogens with two attached hydrogens (primary N) is 1. The van der Waals surface area contributed by atoms with Gasteiger partial charge in [-0.1, -0.05) is 13.8 Å². The second-order valence-electron chi connectivity index (χ2n) is 7.82. The number of aliphatic carboxylic acids is 1. The van der Waals surface area contributed by atoms with Gasteiger partial charge < -0.3 is 20.1 Å². The first-order chi connectivity index (χ1) is 9.70. The quantitative estimate of drug-likeness (QED) is 0.759. The van der Waals surface area contributed by atoms with Gasteiger partial charge in [-0.2, -0.15) is 0 Å². The maximum atomic E-state index is 10.7. The third-order valence-corrected chi connectivity index (χ3v) is 6.35. The van der Waals surface area contributed by atoms with Crippen molar-refractivity contribution < 1.29 is 19.2 Å². The Morgan fingerprint density at radius 1 is 1.43 bits per heavy atom. The zero-order chi connectivity index (χ0) is 15.5. The van der Waals surface area contributed by atoms with E-state index in [1.165, 1.54) is 6.42 Å². The lowest BCUT2D eigenvalue weighted by Gasteiger charge is -2.69. The molecule has 3 saturated carbocycles. The van der Waals surface area contributed by atoms with E-state index in [0.29, 0.717) is 12.7 Å². The highest BCUT2D eigenvalue weighted by atomic mass is 16.7. The van der Waals surface area contributed by atoms with Crippen LogP contribution in [0.5, 0.6) is 0 Å². The molecule has 2 unspecified atom stereocenters. The molecule has 4 fully saturated rings. The summed E-state index contributed by atoms with van der Waals surface area (Å²) in [6.45, 7) is 6.77. The van der Waals surface area contributed by atoms with Crippen molar-refractivity contribution in [3.63, 3.8) is 0 Å². The molecule has 1 heterocycles. The number of carbonyl (C=O) groups is 1. The van der Waals surface area contributed by atoms with Crippen molar-refractivity contribution in [2.45, 2.75) is 76.4 Å². The number of carboxylic acid groups (broad SMARTS) is 1. The highest BCUT2D eigenvalue weighted by Gasteiger charge is 2.75. The molecule has 118 valence electrons. The maximum absolute atomic E-state index is 10.7. The van der Waals surface area contributed by atoms with Crippen LogP contribution in [0.4, 0.5) is 0 Å². The summed E-state index contributed by atoms with van der Waals surface area (Å²) in [6, 6.07) is -0.329. The highest BCUT2D eigenvalue weighted by Crippen LogP contribution is 2.70. The second-order valence-corrected chi connectivity index (χ2v) is 7.82. The fourth-order valence-corrected chi connectivity index (χ4v) is 4.89. The van der Waals surface area contributed by atoms with E-state index in [9.17, 15) is 4.79 Å². The summed E-state index contributed by atoms with van der Waals surface area (Å²) in [5, 5.41) is 8.76. The van der Waals surface area contributed by atoms with Gasteiger partial charge in [-0.05, 0) is 50.3 Å². The van der Waals surface area contributed by atoms with Gasteiger partial charge in [-0.25, -0.2) is 0 Å². The van der Waals surface area contributed by atoms with Gasteiger partial charge in [0.15, 0.2) is 0 Å². The van der Waals surface area contributed by atoms with Crippen LogP contribution < -0.4 is 5.73 Å². The normalized spacial score (nSPS) is 41.3. The van der Waals surface area contributed by atoms with Crippen molar-refractivity contribution in [1.29, 1.82) is 0 Å². The van der Waals surface area contributed by atoms with Crippen molar-refractivity contribution in [2.75, 3.05) is 0 Å². The van der Waals surface area contributed by atoms with Crippen molar-refractivity contribution in [1.82, 2.24) is 0 Å². The summed E-state index contributed by atoms with van der Waals surface area (Å²) in [5.41, 5.74) is 5.64. The van der Waals surface area contributed by atoms with Crippen molar-refractivity contribution >= 4 is 13.1 Å². The van der Waals surface area contributed by atoms with Crippen molar-refractivity contribution in [3.8, 4) is 0 Å². The minimum atomic E-state index is -0.849. The molecule has 3 N–H and O–H groups in total. The molecule has 4 rings (SSSR count). The molecule has 1 saturated heterocycles. The molecule has 4 atom stereocenters. The average Bonchev–Trinajstić information content (AvgIpc) is 2.70. The molecule has 0 aromatic carbocycles. The van der Waals surface area contributed by atoms with Crippen LogP contribution in [0.15, 0.2) is 0 Å². The molecule has 3 aliphatic carbocycles. The summed E-state index contributed by atoms with van der Waals surface area (Å²) in [5.74, 6) is -0.111. The molecule has 0 aromatic heterocycles. The topological polar surface area (TPSA) is 81.8 Å². The van der Waals surface area contributed by atoms with Gasteiger partial charge >= 0.3 is 13.1 Å². The first-order valence-electron chi connectivity index (χ1n) is 8.03. The zero-order valence-corrected chi connectivity index (χ0v) is 13.2. The fraction of sp³-hybridized carbons (Fsp3) is 0.933. The van der Waals surface area contributed by atoms with Crippen LogP contribution in [-0.2, 0) is 14.1 Å². The molecule has 6 heteroatoms. The van der Waals surface area contributed by atoms with E-state index in [1.54, 1.807) is 0 Å².